The van der Waals surface area contributed by atoms with Crippen molar-refractivity contribution in [3.05, 3.63) is 82.0 Å². The van der Waals surface area contributed by atoms with Gasteiger partial charge in [0.1, 0.15) is 6.04 Å². The summed E-state index contributed by atoms with van der Waals surface area (Å²) in [6, 6.07) is 15.5. The fourth-order valence-electron chi connectivity index (χ4n) is 3.14. The lowest BCUT2D eigenvalue weighted by Gasteiger charge is -2.33. The van der Waals surface area contributed by atoms with E-state index >= 15 is 0 Å². The SMILES string of the molecule is CCOC(=O)C1=C(C)N(C(=O)c2ccccc2)C(SC)=NC1c1ccc(Cl)cc1. The van der Waals surface area contributed by atoms with Crippen molar-refractivity contribution in [1.82, 2.24) is 4.90 Å². The number of ether oxygens (including phenoxy) is 1. The van der Waals surface area contributed by atoms with Crippen molar-refractivity contribution < 1.29 is 14.3 Å². The summed E-state index contributed by atoms with van der Waals surface area (Å²) < 4.78 is 5.29. The molecule has 0 N–H and O–H groups in total. The van der Waals surface area contributed by atoms with Crippen LogP contribution in [0.4, 0.5) is 0 Å². The predicted octanol–water partition coefficient (Wildman–Crippen LogP) is 5.09. The van der Waals surface area contributed by atoms with Crippen molar-refractivity contribution in [3.8, 4) is 0 Å². The molecule has 7 heteroatoms. The quantitative estimate of drug-likeness (QED) is 0.636. The van der Waals surface area contributed by atoms with Crippen LogP contribution in [0.5, 0.6) is 0 Å². The Morgan fingerprint density at radius 2 is 1.79 bits per heavy atom. The Bertz CT molecular complexity index is 971. The molecule has 1 heterocycles. The Morgan fingerprint density at radius 1 is 1.14 bits per heavy atom. The number of nitrogens with zero attached hydrogens (tertiary/aromatic N) is 2. The van der Waals surface area contributed by atoms with Crippen LogP contribution in [-0.2, 0) is 9.53 Å². The van der Waals surface area contributed by atoms with E-state index in [2.05, 4.69) is 0 Å². The number of hydrogen-bond donors (Lipinski definition) is 0. The van der Waals surface area contributed by atoms with E-state index in [0.717, 1.165) is 5.56 Å². The maximum Gasteiger partial charge on any atom is 0.338 e. The molecule has 150 valence electrons. The summed E-state index contributed by atoms with van der Waals surface area (Å²) in [5, 5.41) is 1.11. The maximum atomic E-state index is 13.2. The Kier molecular flexibility index (Phi) is 6.77. The Morgan fingerprint density at radius 3 is 2.38 bits per heavy atom. The van der Waals surface area contributed by atoms with Crippen molar-refractivity contribution in [2.24, 2.45) is 4.99 Å². The molecule has 0 fully saturated rings. The second-order valence-corrected chi connectivity index (χ2v) is 7.51. The van der Waals surface area contributed by atoms with Gasteiger partial charge in [-0.15, -0.1) is 0 Å². The molecule has 0 radical (unpaired) electrons. The van der Waals surface area contributed by atoms with Crippen LogP contribution in [0.3, 0.4) is 0 Å². The van der Waals surface area contributed by atoms with Gasteiger partial charge >= 0.3 is 5.97 Å². The molecule has 0 bridgehead atoms. The molecule has 0 aliphatic carbocycles. The predicted molar refractivity (Wildman–Crippen MR) is 117 cm³/mol. The first-order valence-electron chi connectivity index (χ1n) is 9.12. The summed E-state index contributed by atoms with van der Waals surface area (Å²) in [5.74, 6) is -0.729. The molecular weight excluding hydrogens is 408 g/mol. The molecule has 1 aliphatic rings. The van der Waals surface area contributed by atoms with Gasteiger partial charge in [-0.1, -0.05) is 53.7 Å². The van der Waals surface area contributed by atoms with Crippen LogP contribution in [-0.4, -0.2) is 34.8 Å². The minimum Gasteiger partial charge on any atom is -0.463 e. The van der Waals surface area contributed by atoms with Crippen LogP contribution in [0.15, 0.2) is 70.9 Å². The minimum absolute atomic E-state index is 0.231. The molecule has 0 saturated heterocycles. The highest BCUT2D eigenvalue weighted by Gasteiger charge is 2.36. The van der Waals surface area contributed by atoms with Crippen molar-refractivity contribution in [1.29, 1.82) is 0 Å². The highest BCUT2D eigenvalue weighted by atomic mass is 35.5. The summed E-state index contributed by atoms with van der Waals surface area (Å²) in [6.07, 6.45) is 1.85. The fraction of sp³-hybridized carbons (Fsp3) is 0.227. The zero-order valence-corrected chi connectivity index (χ0v) is 18.0. The van der Waals surface area contributed by atoms with E-state index in [1.807, 2.05) is 24.5 Å². The molecule has 0 saturated carbocycles. The average Bonchev–Trinajstić information content (AvgIpc) is 2.73. The maximum absolute atomic E-state index is 13.2. The highest BCUT2D eigenvalue weighted by Crippen LogP contribution is 2.37. The molecule has 1 aliphatic heterocycles. The molecule has 1 unspecified atom stereocenters. The summed E-state index contributed by atoms with van der Waals surface area (Å²) in [5.41, 5.74) is 2.17. The second kappa shape index (κ2) is 9.29. The number of allylic oxidation sites excluding steroid dienone is 1. The van der Waals surface area contributed by atoms with Gasteiger partial charge in [-0.3, -0.25) is 9.69 Å². The standard InChI is InChI=1S/C22H21ClN2O3S/c1-4-28-21(27)18-14(2)25(20(26)16-8-6-5-7-9-16)22(29-3)24-19(18)15-10-12-17(23)13-11-15/h5-13,19H,4H2,1-3H3. The molecule has 2 aromatic carbocycles. The summed E-state index contributed by atoms with van der Waals surface area (Å²) in [6.45, 7) is 3.73. The first kappa shape index (κ1) is 21.1. The average molecular weight is 429 g/mol. The van der Waals surface area contributed by atoms with E-state index in [9.17, 15) is 9.59 Å². The van der Waals surface area contributed by atoms with Gasteiger partial charge in [-0.25, -0.2) is 9.79 Å². The fourth-order valence-corrected chi connectivity index (χ4v) is 3.88. The van der Waals surface area contributed by atoms with Crippen LogP contribution >= 0.6 is 23.4 Å². The number of amides is 1. The van der Waals surface area contributed by atoms with Gasteiger partial charge in [0.05, 0.1) is 12.2 Å². The van der Waals surface area contributed by atoms with Gasteiger partial charge in [-0.2, -0.15) is 0 Å². The third-order valence-electron chi connectivity index (χ3n) is 4.52. The van der Waals surface area contributed by atoms with Crippen molar-refractivity contribution in [2.45, 2.75) is 19.9 Å². The highest BCUT2D eigenvalue weighted by molar-refractivity contribution is 8.13. The van der Waals surface area contributed by atoms with E-state index in [4.69, 9.17) is 21.3 Å². The van der Waals surface area contributed by atoms with Crippen LogP contribution in [0.2, 0.25) is 5.02 Å². The summed E-state index contributed by atoms with van der Waals surface area (Å²) >= 11 is 7.37. The van der Waals surface area contributed by atoms with Crippen molar-refractivity contribution >= 4 is 40.4 Å². The zero-order chi connectivity index (χ0) is 21.0. The van der Waals surface area contributed by atoms with Gasteiger partial charge in [0.15, 0.2) is 5.17 Å². The number of thioether (sulfide) groups is 1. The van der Waals surface area contributed by atoms with Gasteiger partial charge in [0, 0.05) is 16.3 Å². The Labute approximate surface area is 179 Å². The van der Waals surface area contributed by atoms with Crippen LogP contribution in [0.1, 0.15) is 35.8 Å². The third-order valence-corrected chi connectivity index (χ3v) is 5.42. The van der Waals surface area contributed by atoms with Gasteiger partial charge in [0.25, 0.3) is 5.91 Å². The molecule has 0 spiro atoms. The number of benzene rings is 2. The lowest BCUT2D eigenvalue weighted by atomic mass is 9.96. The molecule has 5 nitrogen and oxygen atoms in total. The third kappa shape index (κ3) is 4.38. The van der Waals surface area contributed by atoms with E-state index < -0.39 is 12.0 Å². The second-order valence-electron chi connectivity index (χ2n) is 6.30. The number of halogens is 1. The molecular formula is C22H21ClN2O3S. The summed E-state index contributed by atoms with van der Waals surface area (Å²) in [7, 11) is 0. The molecule has 1 atom stereocenters. The molecule has 29 heavy (non-hydrogen) atoms. The van der Waals surface area contributed by atoms with Crippen molar-refractivity contribution in [3.63, 3.8) is 0 Å². The smallest absolute Gasteiger partial charge is 0.338 e. The largest absolute Gasteiger partial charge is 0.463 e. The minimum atomic E-state index is -0.575. The van der Waals surface area contributed by atoms with Crippen LogP contribution in [0, 0.1) is 0 Å². The lowest BCUT2D eigenvalue weighted by Crippen LogP contribution is -2.39. The van der Waals surface area contributed by atoms with Gasteiger partial charge in [-0.05, 0) is 49.9 Å². The molecule has 3 rings (SSSR count). The lowest BCUT2D eigenvalue weighted by molar-refractivity contribution is -0.139. The Balaban J connectivity index is 2.13. The molecule has 2 aromatic rings. The number of rotatable bonds is 4. The number of carbonyl (C=O) groups is 2. The van der Waals surface area contributed by atoms with Gasteiger partial charge < -0.3 is 4.74 Å². The van der Waals surface area contributed by atoms with Gasteiger partial charge in [0.2, 0.25) is 0 Å². The van der Waals surface area contributed by atoms with E-state index in [1.54, 1.807) is 50.2 Å². The summed E-state index contributed by atoms with van der Waals surface area (Å²) in [4.78, 5) is 32.3. The number of carbonyl (C=O) groups excluding carboxylic acids is 2. The van der Waals surface area contributed by atoms with E-state index in [0.29, 0.717) is 27.0 Å². The molecule has 0 aromatic heterocycles. The van der Waals surface area contributed by atoms with Crippen molar-refractivity contribution in [2.75, 3.05) is 12.9 Å². The first-order valence-corrected chi connectivity index (χ1v) is 10.7. The van der Waals surface area contributed by atoms with E-state index in [-0.39, 0.29) is 12.5 Å². The normalized spacial score (nSPS) is 16.5. The topological polar surface area (TPSA) is 59.0 Å². The van der Waals surface area contributed by atoms with Crippen LogP contribution < -0.4 is 0 Å². The Hall–Kier alpha value is -2.57. The number of amidine groups is 1. The number of hydrogen-bond acceptors (Lipinski definition) is 5. The van der Waals surface area contributed by atoms with Crippen LogP contribution in [0.25, 0.3) is 0 Å². The first-order chi connectivity index (χ1) is 14.0. The number of esters is 1. The van der Waals surface area contributed by atoms with E-state index in [1.165, 1.54) is 16.7 Å². The number of aliphatic imine (C=N–C) groups is 1. The zero-order valence-electron chi connectivity index (χ0n) is 16.4. The monoisotopic (exact) mass is 428 g/mol. The molecule has 1 amide bonds.